The van der Waals surface area contributed by atoms with Gasteiger partial charge in [-0.3, -0.25) is 9.89 Å². The van der Waals surface area contributed by atoms with Crippen molar-refractivity contribution in [3.63, 3.8) is 0 Å². The Kier molecular flexibility index (Phi) is 4.84. The predicted octanol–water partition coefficient (Wildman–Crippen LogP) is 2.54. The topological polar surface area (TPSA) is 117 Å². The molecule has 1 aromatic carbocycles. The molecule has 0 aliphatic heterocycles. The monoisotopic (exact) mass is 363 g/mol. The molecule has 0 aliphatic rings. The van der Waals surface area contributed by atoms with Gasteiger partial charge in [-0.25, -0.2) is 4.98 Å². The molecule has 0 fully saturated rings. The zero-order valence-electron chi connectivity index (χ0n) is 15.4. The molecule has 0 bridgehead atoms. The quantitative estimate of drug-likeness (QED) is 0.534. The van der Waals surface area contributed by atoms with Gasteiger partial charge in [0.05, 0.1) is 11.1 Å². The number of aromatic amines is 1. The molecule has 7 heteroatoms. The Hall–Kier alpha value is -3.37. The molecule has 1 amide bonds. The Labute approximate surface area is 157 Å². The lowest BCUT2D eigenvalue weighted by Gasteiger charge is -2.09. The minimum atomic E-state index is -0.601. The third-order valence-electron chi connectivity index (χ3n) is 3.78. The van der Waals surface area contributed by atoms with Gasteiger partial charge in [0.2, 0.25) is 0 Å². The first-order chi connectivity index (χ1) is 12.8. The molecule has 0 radical (unpaired) electrons. The molecular formula is C20H21N5O2. The van der Waals surface area contributed by atoms with Crippen molar-refractivity contribution in [3.8, 4) is 23.0 Å². The van der Waals surface area contributed by atoms with E-state index in [4.69, 9.17) is 10.8 Å². The molecule has 0 saturated carbocycles. The molecule has 0 atom stereocenters. The van der Waals surface area contributed by atoms with Crippen LogP contribution >= 0.6 is 0 Å². The van der Waals surface area contributed by atoms with E-state index in [1.54, 1.807) is 12.3 Å². The van der Waals surface area contributed by atoms with E-state index in [9.17, 15) is 4.79 Å². The number of benzene rings is 1. The van der Waals surface area contributed by atoms with Gasteiger partial charge >= 0.3 is 0 Å². The van der Waals surface area contributed by atoms with Crippen LogP contribution in [0.5, 0.6) is 0 Å². The molecule has 2 heterocycles. The molecule has 0 saturated heterocycles. The number of nitrogens with zero attached hydrogens (tertiary/aromatic N) is 2. The average molecular weight is 363 g/mol. The normalized spacial score (nSPS) is 11.1. The zero-order valence-corrected chi connectivity index (χ0v) is 15.4. The number of rotatable bonds is 3. The number of anilines is 2. The summed E-state index contributed by atoms with van der Waals surface area (Å²) in [6.45, 7) is 5.53. The smallest absolute Gasteiger partial charge is 0.251 e. The molecule has 3 aromatic rings. The highest BCUT2D eigenvalue weighted by Crippen LogP contribution is 2.30. The minimum Gasteiger partial charge on any atom is -0.387 e. The molecule has 3 rings (SSSR count). The van der Waals surface area contributed by atoms with E-state index in [1.165, 1.54) is 0 Å². The number of carbonyl (C=O) groups is 1. The van der Waals surface area contributed by atoms with Gasteiger partial charge in [-0.2, -0.15) is 5.10 Å². The number of pyridine rings is 1. The highest BCUT2D eigenvalue weighted by Gasteiger charge is 2.12. The Balaban J connectivity index is 2.12. The Bertz CT molecular complexity index is 1070. The van der Waals surface area contributed by atoms with Crippen molar-refractivity contribution in [2.45, 2.75) is 20.8 Å². The van der Waals surface area contributed by atoms with Crippen LogP contribution in [0.2, 0.25) is 0 Å². The number of nitrogens with two attached hydrogens (primary N) is 1. The second-order valence-electron chi connectivity index (χ2n) is 7.19. The van der Waals surface area contributed by atoms with Gasteiger partial charge in [0.1, 0.15) is 12.4 Å². The molecular weight excluding hydrogens is 342 g/mol. The van der Waals surface area contributed by atoms with Crippen molar-refractivity contribution in [1.82, 2.24) is 15.2 Å². The van der Waals surface area contributed by atoms with E-state index in [2.05, 4.69) is 32.3 Å². The first-order valence-corrected chi connectivity index (χ1v) is 8.45. The fraction of sp³-hybridized carbons (Fsp3) is 0.250. The van der Waals surface area contributed by atoms with Crippen LogP contribution in [-0.2, 0) is 4.79 Å². The lowest BCUT2D eigenvalue weighted by Crippen LogP contribution is -2.16. The first kappa shape index (κ1) is 18.4. The number of H-pyrrole nitrogens is 1. The fourth-order valence-electron chi connectivity index (χ4n) is 2.52. The maximum Gasteiger partial charge on any atom is 0.251 e. The Morgan fingerprint density at radius 3 is 2.78 bits per heavy atom. The van der Waals surface area contributed by atoms with Crippen LogP contribution in [0.4, 0.5) is 11.6 Å². The van der Waals surface area contributed by atoms with Crippen LogP contribution in [0.15, 0.2) is 30.5 Å². The highest BCUT2D eigenvalue weighted by molar-refractivity contribution is 5.96. The number of hydrogen-bond donors (Lipinski definition) is 4. The van der Waals surface area contributed by atoms with Crippen molar-refractivity contribution in [2.75, 3.05) is 17.7 Å². The Morgan fingerprint density at radius 2 is 2.07 bits per heavy atom. The van der Waals surface area contributed by atoms with E-state index in [1.807, 2.05) is 39.0 Å². The van der Waals surface area contributed by atoms with Gasteiger partial charge < -0.3 is 16.2 Å². The van der Waals surface area contributed by atoms with Gasteiger partial charge in [0.15, 0.2) is 5.82 Å². The molecule has 5 N–H and O–H groups in total. The molecule has 27 heavy (non-hydrogen) atoms. The van der Waals surface area contributed by atoms with Crippen LogP contribution in [0.25, 0.3) is 22.0 Å². The number of amides is 1. The summed E-state index contributed by atoms with van der Waals surface area (Å²) in [5.74, 6) is 6.67. The van der Waals surface area contributed by atoms with Crippen LogP contribution in [0.3, 0.4) is 0 Å². The predicted molar refractivity (Wildman–Crippen MR) is 106 cm³/mol. The van der Waals surface area contributed by atoms with Crippen molar-refractivity contribution >= 4 is 28.4 Å². The molecule has 0 unspecified atom stereocenters. The van der Waals surface area contributed by atoms with Gasteiger partial charge in [0.25, 0.3) is 5.91 Å². The second kappa shape index (κ2) is 7.09. The molecule has 138 valence electrons. The number of fused-ring (bicyclic) bond motifs is 1. The van der Waals surface area contributed by atoms with E-state index >= 15 is 0 Å². The van der Waals surface area contributed by atoms with Crippen molar-refractivity contribution < 1.29 is 9.90 Å². The summed E-state index contributed by atoms with van der Waals surface area (Å²) >= 11 is 0. The lowest BCUT2D eigenvalue weighted by molar-refractivity contribution is -0.118. The minimum absolute atomic E-state index is 0.147. The number of aliphatic hydroxyl groups is 1. The summed E-state index contributed by atoms with van der Waals surface area (Å²) in [5, 5.41) is 19.2. The maximum atomic E-state index is 11.4. The summed E-state index contributed by atoms with van der Waals surface area (Å²) in [4.78, 5) is 15.5. The van der Waals surface area contributed by atoms with Crippen molar-refractivity contribution in [3.05, 3.63) is 36.0 Å². The average Bonchev–Trinajstić information content (AvgIpc) is 3.00. The number of aromatic nitrogens is 3. The van der Waals surface area contributed by atoms with Crippen LogP contribution < -0.4 is 11.1 Å². The number of carbonyl (C=O) groups excluding carboxylic acids is 1. The zero-order chi connectivity index (χ0) is 19.6. The standard InChI is InChI=1S/C20H21N5O2/c1-20(2,3)6-4-13-8-14(9-15-18(13)24-25-19(15)21)12-5-7-22-16(10-12)23-17(27)11-26/h5,7-10,26H,11H2,1-3H3,(H3,21,24,25)(H,22,23,27). The number of nitrogens with one attached hydrogen (secondary N) is 2. The second-order valence-corrected chi connectivity index (χ2v) is 7.19. The van der Waals surface area contributed by atoms with E-state index < -0.39 is 12.5 Å². The largest absolute Gasteiger partial charge is 0.387 e. The van der Waals surface area contributed by atoms with Gasteiger partial charge in [-0.15, -0.1) is 0 Å². The van der Waals surface area contributed by atoms with E-state index in [-0.39, 0.29) is 5.41 Å². The van der Waals surface area contributed by atoms with Crippen molar-refractivity contribution in [1.29, 1.82) is 0 Å². The molecule has 7 nitrogen and oxygen atoms in total. The lowest BCUT2D eigenvalue weighted by atomic mass is 9.96. The third-order valence-corrected chi connectivity index (χ3v) is 3.78. The van der Waals surface area contributed by atoms with E-state index in [0.717, 1.165) is 27.6 Å². The van der Waals surface area contributed by atoms with Crippen LogP contribution in [-0.4, -0.2) is 32.8 Å². The Morgan fingerprint density at radius 1 is 1.30 bits per heavy atom. The molecule has 2 aromatic heterocycles. The summed E-state index contributed by atoms with van der Waals surface area (Å²) in [7, 11) is 0. The number of nitrogen functional groups attached to an aromatic ring is 1. The highest BCUT2D eigenvalue weighted by atomic mass is 16.3. The number of aliphatic hydroxyl groups excluding tert-OH is 1. The first-order valence-electron chi connectivity index (χ1n) is 8.45. The summed E-state index contributed by atoms with van der Waals surface area (Å²) in [6.07, 6.45) is 1.59. The van der Waals surface area contributed by atoms with Gasteiger partial charge in [-0.1, -0.05) is 11.8 Å². The van der Waals surface area contributed by atoms with Gasteiger partial charge in [0, 0.05) is 17.0 Å². The molecule has 0 spiro atoms. The maximum absolute atomic E-state index is 11.4. The van der Waals surface area contributed by atoms with Crippen LogP contribution in [0, 0.1) is 17.3 Å². The third kappa shape index (κ3) is 4.25. The summed E-state index contributed by atoms with van der Waals surface area (Å²) in [6, 6.07) is 7.42. The fourth-order valence-corrected chi connectivity index (χ4v) is 2.52. The summed E-state index contributed by atoms with van der Waals surface area (Å²) in [5.41, 5.74) is 9.14. The summed E-state index contributed by atoms with van der Waals surface area (Å²) < 4.78 is 0. The van der Waals surface area contributed by atoms with Crippen molar-refractivity contribution in [2.24, 2.45) is 5.41 Å². The van der Waals surface area contributed by atoms with E-state index in [0.29, 0.717) is 11.6 Å². The van der Waals surface area contributed by atoms with Gasteiger partial charge in [-0.05, 0) is 56.2 Å². The molecule has 0 aliphatic carbocycles. The SMILES string of the molecule is CC(C)(C)C#Cc1cc(-c2ccnc(NC(=O)CO)c2)cc2c(N)n[nH]c12. The number of hydrogen-bond acceptors (Lipinski definition) is 5. The van der Waals surface area contributed by atoms with Crippen LogP contribution in [0.1, 0.15) is 26.3 Å².